The average molecular weight is 377 g/mol. The van der Waals surface area contributed by atoms with Gasteiger partial charge in [0.05, 0.1) is 12.1 Å². The van der Waals surface area contributed by atoms with E-state index < -0.39 is 5.97 Å². The van der Waals surface area contributed by atoms with Gasteiger partial charge in [0.25, 0.3) is 0 Å². The summed E-state index contributed by atoms with van der Waals surface area (Å²) in [6.07, 6.45) is 4.33. The maximum Gasteiger partial charge on any atom is 0.331 e. The molecule has 2 rings (SSSR count). The number of hydrogen-bond donors (Lipinski definition) is 0. The van der Waals surface area contributed by atoms with Crippen molar-refractivity contribution >= 4 is 23.6 Å². The van der Waals surface area contributed by atoms with E-state index in [1.807, 2.05) is 0 Å². The summed E-state index contributed by atoms with van der Waals surface area (Å²) in [6, 6.07) is 9.29. The first kappa shape index (κ1) is 19.5. The Labute approximate surface area is 156 Å². The van der Waals surface area contributed by atoms with Gasteiger partial charge in [-0.1, -0.05) is 36.4 Å². The van der Waals surface area contributed by atoms with E-state index in [1.165, 1.54) is 31.4 Å². The van der Waals surface area contributed by atoms with Gasteiger partial charge < -0.3 is 14.2 Å². The third kappa shape index (κ3) is 5.63. The number of carbonyl (C=O) groups excluding carboxylic acids is 1. The lowest BCUT2D eigenvalue weighted by molar-refractivity contribution is -0.136. The molecule has 26 heavy (non-hydrogen) atoms. The van der Waals surface area contributed by atoms with Gasteiger partial charge in [-0.2, -0.15) is 0 Å². The summed E-state index contributed by atoms with van der Waals surface area (Å²) in [6.45, 7) is 3.82. The molecule has 136 valence electrons. The molecule has 0 aliphatic heterocycles. The number of methoxy groups -OCH3 is 1. The van der Waals surface area contributed by atoms with Crippen molar-refractivity contribution in [3.8, 4) is 11.5 Å². The summed E-state index contributed by atoms with van der Waals surface area (Å²) in [7, 11) is 1.49. The van der Waals surface area contributed by atoms with Crippen molar-refractivity contribution < 1.29 is 23.4 Å². The molecule has 0 N–H and O–H groups in total. The van der Waals surface area contributed by atoms with Crippen LogP contribution in [0, 0.1) is 5.82 Å². The first-order valence-corrected chi connectivity index (χ1v) is 8.11. The predicted octanol–water partition coefficient (Wildman–Crippen LogP) is 4.81. The Kier molecular flexibility index (Phi) is 7.24. The fourth-order valence-electron chi connectivity index (χ4n) is 2.07. The van der Waals surface area contributed by atoms with E-state index >= 15 is 0 Å². The molecule has 4 nitrogen and oxygen atoms in total. The monoisotopic (exact) mass is 376 g/mol. The van der Waals surface area contributed by atoms with Crippen LogP contribution in [0.1, 0.15) is 11.1 Å². The topological polar surface area (TPSA) is 44.8 Å². The Morgan fingerprint density at radius 3 is 2.65 bits per heavy atom. The van der Waals surface area contributed by atoms with Crippen LogP contribution in [0.2, 0.25) is 5.02 Å². The van der Waals surface area contributed by atoms with E-state index in [9.17, 15) is 9.18 Å². The smallest absolute Gasteiger partial charge is 0.331 e. The van der Waals surface area contributed by atoms with Crippen LogP contribution in [0.4, 0.5) is 4.39 Å². The maximum absolute atomic E-state index is 12.9. The first-order valence-electron chi connectivity index (χ1n) is 7.74. The molecule has 0 spiro atoms. The summed E-state index contributed by atoms with van der Waals surface area (Å²) in [4.78, 5) is 11.5. The Morgan fingerprint density at radius 1 is 1.27 bits per heavy atom. The van der Waals surface area contributed by atoms with E-state index in [4.69, 9.17) is 25.8 Å². The molecule has 0 atom stereocenters. The molecule has 0 bridgehead atoms. The van der Waals surface area contributed by atoms with Crippen LogP contribution >= 0.6 is 11.6 Å². The van der Waals surface area contributed by atoms with Crippen molar-refractivity contribution in [1.29, 1.82) is 0 Å². The Morgan fingerprint density at radius 2 is 2.00 bits per heavy atom. The van der Waals surface area contributed by atoms with E-state index in [-0.39, 0.29) is 19.0 Å². The molecule has 0 saturated heterocycles. The molecule has 0 amide bonds. The number of rotatable bonds is 8. The van der Waals surface area contributed by atoms with Gasteiger partial charge in [0, 0.05) is 6.08 Å². The molecule has 2 aromatic carbocycles. The van der Waals surface area contributed by atoms with Crippen LogP contribution in [-0.4, -0.2) is 19.7 Å². The number of halogens is 2. The third-order valence-electron chi connectivity index (χ3n) is 3.30. The molecule has 0 unspecified atom stereocenters. The quantitative estimate of drug-likeness (QED) is 0.377. The van der Waals surface area contributed by atoms with Gasteiger partial charge in [-0.25, -0.2) is 9.18 Å². The van der Waals surface area contributed by atoms with Crippen LogP contribution in [0.5, 0.6) is 11.5 Å². The summed E-state index contributed by atoms with van der Waals surface area (Å²) >= 11 is 6.28. The first-order chi connectivity index (χ1) is 12.5. The van der Waals surface area contributed by atoms with Crippen molar-refractivity contribution in [2.24, 2.45) is 0 Å². The third-order valence-corrected chi connectivity index (χ3v) is 3.58. The van der Waals surface area contributed by atoms with Gasteiger partial charge in [-0.05, 0) is 41.5 Å². The minimum Gasteiger partial charge on any atom is -0.493 e. The van der Waals surface area contributed by atoms with E-state index in [1.54, 1.807) is 30.3 Å². The minimum absolute atomic E-state index is 0.142. The van der Waals surface area contributed by atoms with E-state index in [2.05, 4.69) is 6.58 Å². The lowest BCUT2D eigenvalue weighted by atomic mass is 10.2. The van der Waals surface area contributed by atoms with Crippen LogP contribution in [0.3, 0.4) is 0 Å². The zero-order valence-electron chi connectivity index (χ0n) is 14.2. The number of carbonyl (C=O) groups is 1. The molecule has 0 aliphatic rings. The van der Waals surface area contributed by atoms with Gasteiger partial charge in [-0.15, -0.1) is 0 Å². The Hall–Kier alpha value is -2.79. The summed E-state index contributed by atoms with van der Waals surface area (Å²) < 4.78 is 28.8. The second-order valence-corrected chi connectivity index (χ2v) is 5.61. The molecule has 0 heterocycles. The van der Waals surface area contributed by atoms with Gasteiger partial charge in [0.2, 0.25) is 0 Å². The lowest BCUT2D eigenvalue weighted by Crippen LogP contribution is -2.00. The SMILES string of the molecule is C=CCOC(=O)/C=C/c1cc(Cl)c(OCc2ccc(F)cc2)c(OC)c1. The number of ether oxygens (including phenoxy) is 3. The summed E-state index contributed by atoms with van der Waals surface area (Å²) in [5.74, 6) is -0.0210. The van der Waals surface area contributed by atoms with Crippen molar-refractivity contribution in [2.45, 2.75) is 6.61 Å². The Balaban J connectivity index is 2.12. The largest absolute Gasteiger partial charge is 0.493 e. The highest BCUT2D eigenvalue weighted by molar-refractivity contribution is 6.32. The fourth-order valence-corrected chi connectivity index (χ4v) is 2.34. The van der Waals surface area contributed by atoms with Crippen molar-refractivity contribution in [3.05, 3.63) is 77.1 Å². The van der Waals surface area contributed by atoms with Crippen LogP contribution in [0.25, 0.3) is 6.08 Å². The van der Waals surface area contributed by atoms with Gasteiger partial charge in [0.1, 0.15) is 19.0 Å². The number of esters is 1. The second-order valence-electron chi connectivity index (χ2n) is 5.20. The normalized spacial score (nSPS) is 10.6. The number of benzene rings is 2. The average Bonchev–Trinajstić information content (AvgIpc) is 2.64. The van der Waals surface area contributed by atoms with Crippen molar-refractivity contribution in [2.75, 3.05) is 13.7 Å². The van der Waals surface area contributed by atoms with Gasteiger partial charge in [0.15, 0.2) is 11.5 Å². The molecule has 0 aliphatic carbocycles. The zero-order chi connectivity index (χ0) is 18.9. The zero-order valence-corrected chi connectivity index (χ0v) is 15.0. The highest BCUT2D eigenvalue weighted by Crippen LogP contribution is 2.37. The van der Waals surface area contributed by atoms with E-state index in [0.717, 1.165) is 5.56 Å². The van der Waals surface area contributed by atoms with E-state index in [0.29, 0.717) is 22.1 Å². The number of hydrogen-bond acceptors (Lipinski definition) is 4. The highest BCUT2D eigenvalue weighted by atomic mass is 35.5. The molecule has 0 aromatic heterocycles. The molecule has 0 saturated carbocycles. The second kappa shape index (κ2) is 9.63. The molecule has 6 heteroatoms. The maximum atomic E-state index is 12.9. The lowest BCUT2D eigenvalue weighted by Gasteiger charge is -2.13. The summed E-state index contributed by atoms with van der Waals surface area (Å²) in [5.41, 5.74) is 1.44. The molecule has 0 fully saturated rings. The van der Waals surface area contributed by atoms with Crippen molar-refractivity contribution in [1.82, 2.24) is 0 Å². The van der Waals surface area contributed by atoms with Gasteiger partial charge in [-0.3, -0.25) is 0 Å². The van der Waals surface area contributed by atoms with Crippen LogP contribution in [0.15, 0.2) is 55.1 Å². The molecular weight excluding hydrogens is 359 g/mol. The highest BCUT2D eigenvalue weighted by Gasteiger charge is 2.12. The summed E-state index contributed by atoms with van der Waals surface area (Å²) in [5, 5.41) is 0.325. The van der Waals surface area contributed by atoms with Crippen LogP contribution < -0.4 is 9.47 Å². The van der Waals surface area contributed by atoms with Crippen LogP contribution in [-0.2, 0) is 16.1 Å². The molecule has 0 radical (unpaired) electrons. The molecular formula is C20H18ClFO4. The van der Waals surface area contributed by atoms with Gasteiger partial charge >= 0.3 is 5.97 Å². The minimum atomic E-state index is -0.489. The van der Waals surface area contributed by atoms with Crippen molar-refractivity contribution in [3.63, 3.8) is 0 Å². The fraction of sp³-hybridized carbons (Fsp3) is 0.150. The standard InChI is InChI=1S/C20H18ClFO4/c1-3-10-25-19(23)9-6-15-11-17(21)20(18(12-15)24-2)26-13-14-4-7-16(22)8-5-14/h3-9,11-12H,1,10,13H2,2H3/b9-6+. The molecule has 2 aromatic rings. The predicted molar refractivity (Wildman–Crippen MR) is 98.9 cm³/mol. The Bertz CT molecular complexity index is 800.